The van der Waals surface area contributed by atoms with E-state index in [1.807, 2.05) is 33.2 Å². The molecule has 2 aromatic heterocycles. The molecule has 0 fully saturated rings. The predicted molar refractivity (Wildman–Crippen MR) is 73.3 cm³/mol. The van der Waals surface area contributed by atoms with Gasteiger partial charge in [0.2, 0.25) is 0 Å². The highest BCUT2D eigenvalue weighted by Gasteiger charge is 2.11. The zero-order valence-corrected chi connectivity index (χ0v) is 11.1. The first-order valence-electron chi connectivity index (χ1n) is 6.08. The minimum Gasteiger partial charge on any atom is -0.394 e. The van der Waals surface area contributed by atoms with Gasteiger partial charge in [-0.05, 0) is 25.0 Å². The number of hydrogen-bond donors (Lipinski definition) is 2. The molecule has 5 heteroatoms. The Kier molecular flexibility index (Phi) is 3.50. The van der Waals surface area contributed by atoms with Crippen molar-refractivity contribution in [2.24, 2.45) is 7.05 Å². The molecule has 0 amide bonds. The average molecular weight is 245 g/mol. The first kappa shape index (κ1) is 12.4. The Hall–Kier alpha value is -2.04. The first-order valence-corrected chi connectivity index (χ1v) is 6.08. The van der Waals surface area contributed by atoms with Crippen LogP contribution in [0.25, 0.3) is 0 Å². The highest BCUT2D eigenvalue weighted by molar-refractivity contribution is 5.65. The van der Waals surface area contributed by atoms with Gasteiger partial charge >= 0.3 is 0 Å². The van der Waals surface area contributed by atoms with Gasteiger partial charge in [-0.1, -0.05) is 13.0 Å². The lowest BCUT2D eigenvalue weighted by molar-refractivity contribution is 0.747. The van der Waals surface area contributed by atoms with Crippen molar-refractivity contribution in [1.82, 2.24) is 14.8 Å². The van der Waals surface area contributed by atoms with Crippen molar-refractivity contribution in [3.8, 4) is 0 Å². The van der Waals surface area contributed by atoms with E-state index in [1.165, 1.54) is 0 Å². The van der Waals surface area contributed by atoms with Crippen LogP contribution in [0.3, 0.4) is 0 Å². The largest absolute Gasteiger partial charge is 0.394 e. The van der Waals surface area contributed by atoms with E-state index >= 15 is 0 Å². The molecule has 2 rings (SSSR count). The van der Waals surface area contributed by atoms with Gasteiger partial charge in [-0.25, -0.2) is 0 Å². The number of nitrogens with one attached hydrogen (secondary N) is 1. The van der Waals surface area contributed by atoms with Crippen LogP contribution in [0.5, 0.6) is 0 Å². The molecule has 0 aliphatic rings. The molecule has 3 N–H and O–H groups in total. The number of aryl methyl sites for hydroxylation is 3. The molecular formula is C13H19N5. The van der Waals surface area contributed by atoms with Crippen LogP contribution in [0.2, 0.25) is 0 Å². The van der Waals surface area contributed by atoms with Crippen molar-refractivity contribution in [2.45, 2.75) is 26.8 Å². The van der Waals surface area contributed by atoms with Crippen LogP contribution in [0.15, 0.2) is 18.3 Å². The zero-order chi connectivity index (χ0) is 13.1. The fraction of sp³-hybridized carbons (Fsp3) is 0.385. The number of nitrogens with zero attached hydrogens (tertiary/aromatic N) is 3. The Morgan fingerprint density at radius 1 is 1.39 bits per heavy atom. The quantitative estimate of drug-likeness (QED) is 0.863. The third-order valence-electron chi connectivity index (χ3n) is 2.93. The van der Waals surface area contributed by atoms with Crippen molar-refractivity contribution in [3.05, 3.63) is 35.3 Å². The molecule has 0 saturated heterocycles. The molecule has 0 aliphatic carbocycles. The highest BCUT2D eigenvalue weighted by atomic mass is 15.3. The van der Waals surface area contributed by atoms with Crippen LogP contribution in [0.4, 0.5) is 11.5 Å². The van der Waals surface area contributed by atoms with Crippen LogP contribution in [-0.2, 0) is 20.0 Å². The lowest BCUT2D eigenvalue weighted by atomic mass is 10.2. The summed E-state index contributed by atoms with van der Waals surface area (Å²) >= 11 is 0. The third-order valence-corrected chi connectivity index (χ3v) is 2.93. The monoisotopic (exact) mass is 245 g/mol. The predicted octanol–water partition coefficient (Wildman–Crippen LogP) is 1.88. The van der Waals surface area contributed by atoms with E-state index in [1.54, 1.807) is 4.68 Å². The molecule has 5 nitrogen and oxygen atoms in total. The standard InChI is InChI=1S/C13H19N5/c1-4-11-12(14)13(18(3)17-11)16-8-10-6-5-9(2)15-7-10/h5-7,16H,4,8,14H2,1-3H3. The minimum absolute atomic E-state index is 0.695. The maximum absolute atomic E-state index is 6.04. The fourth-order valence-corrected chi connectivity index (χ4v) is 1.86. The smallest absolute Gasteiger partial charge is 0.148 e. The van der Waals surface area contributed by atoms with E-state index in [0.717, 1.165) is 34.9 Å². The van der Waals surface area contributed by atoms with Gasteiger partial charge in [0.1, 0.15) is 5.82 Å². The Morgan fingerprint density at radius 2 is 2.17 bits per heavy atom. The van der Waals surface area contributed by atoms with E-state index < -0.39 is 0 Å². The van der Waals surface area contributed by atoms with Crippen LogP contribution in [-0.4, -0.2) is 14.8 Å². The number of hydrogen-bond acceptors (Lipinski definition) is 4. The molecule has 0 saturated carbocycles. The SMILES string of the molecule is CCc1nn(C)c(NCc2ccc(C)nc2)c1N. The topological polar surface area (TPSA) is 68.8 Å². The number of rotatable bonds is 4. The van der Waals surface area contributed by atoms with Gasteiger partial charge in [-0.3, -0.25) is 9.67 Å². The molecule has 0 unspecified atom stereocenters. The van der Waals surface area contributed by atoms with Gasteiger partial charge in [0, 0.05) is 25.5 Å². The molecule has 2 aromatic rings. The molecule has 0 atom stereocenters. The summed E-state index contributed by atoms with van der Waals surface area (Å²) in [5.41, 5.74) is 9.85. The Labute approximate surface area is 107 Å². The highest BCUT2D eigenvalue weighted by Crippen LogP contribution is 2.22. The lowest BCUT2D eigenvalue weighted by Gasteiger charge is -2.07. The summed E-state index contributed by atoms with van der Waals surface area (Å²) in [6.07, 6.45) is 2.71. The van der Waals surface area contributed by atoms with E-state index in [9.17, 15) is 0 Å². The van der Waals surface area contributed by atoms with Gasteiger partial charge in [-0.15, -0.1) is 0 Å². The maximum Gasteiger partial charge on any atom is 0.148 e. The second-order valence-electron chi connectivity index (χ2n) is 4.35. The van der Waals surface area contributed by atoms with E-state index in [0.29, 0.717) is 6.54 Å². The van der Waals surface area contributed by atoms with Crippen LogP contribution >= 0.6 is 0 Å². The molecular weight excluding hydrogens is 226 g/mol. The summed E-state index contributed by atoms with van der Waals surface area (Å²) in [7, 11) is 1.89. The number of nitrogens with two attached hydrogens (primary N) is 1. The summed E-state index contributed by atoms with van der Waals surface area (Å²) in [6.45, 7) is 4.72. The van der Waals surface area contributed by atoms with Crippen LogP contribution < -0.4 is 11.1 Å². The fourth-order valence-electron chi connectivity index (χ4n) is 1.86. The van der Waals surface area contributed by atoms with Crippen molar-refractivity contribution >= 4 is 11.5 Å². The summed E-state index contributed by atoms with van der Waals surface area (Å²) in [5, 5.41) is 7.68. The molecule has 2 heterocycles. The Balaban J connectivity index is 2.10. The van der Waals surface area contributed by atoms with Crippen molar-refractivity contribution in [2.75, 3.05) is 11.1 Å². The van der Waals surface area contributed by atoms with E-state index in [4.69, 9.17) is 5.73 Å². The van der Waals surface area contributed by atoms with Gasteiger partial charge in [-0.2, -0.15) is 5.10 Å². The molecule has 0 radical (unpaired) electrons. The van der Waals surface area contributed by atoms with Crippen molar-refractivity contribution in [3.63, 3.8) is 0 Å². The zero-order valence-electron chi connectivity index (χ0n) is 11.1. The second kappa shape index (κ2) is 5.08. The Bertz CT molecular complexity index is 527. The average Bonchev–Trinajstić information content (AvgIpc) is 2.64. The number of aromatic nitrogens is 3. The summed E-state index contributed by atoms with van der Waals surface area (Å²) < 4.78 is 1.79. The van der Waals surface area contributed by atoms with Gasteiger partial charge < -0.3 is 11.1 Å². The Morgan fingerprint density at radius 3 is 2.72 bits per heavy atom. The minimum atomic E-state index is 0.695. The summed E-state index contributed by atoms with van der Waals surface area (Å²) in [4.78, 5) is 4.26. The first-order chi connectivity index (χ1) is 8.61. The molecule has 0 bridgehead atoms. The second-order valence-corrected chi connectivity index (χ2v) is 4.35. The molecule has 0 aromatic carbocycles. The van der Waals surface area contributed by atoms with Crippen molar-refractivity contribution in [1.29, 1.82) is 0 Å². The lowest BCUT2D eigenvalue weighted by Crippen LogP contribution is -2.06. The number of anilines is 2. The van der Waals surface area contributed by atoms with Crippen LogP contribution in [0, 0.1) is 6.92 Å². The van der Waals surface area contributed by atoms with Crippen molar-refractivity contribution < 1.29 is 0 Å². The van der Waals surface area contributed by atoms with Gasteiger partial charge in [0.25, 0.3) is 0 Å². The molecule has 0 spiro atoms. The van der Waals surface area contributed by atoms with E-state index in [-0.39, 0.29) is 0 Å². The molecule has 18 heavy (non-hydrogen) atoms. The van der Waals surface area contributed by atoms with Crippen LogP contribution in [0.1, 0.15) is 23.9 Å². The summed E-state index contributed by atoms with van der Waals surface area (Å²) in [6, 6.07) is 4.06. The third kappa shape index (κ3) is 2.45. The molecule has 0 aliphatic heterocycles. The van der Waals surface area contributed by atoms with Gasteiger partial charge in [0.15, 0.2) is 0 Å². The van der Waals surface area contributed by atoms with Gasteiger partial charge in [0.05, 0.1) is 11.4 Å². The summed E-state index contributed by atoms with van der Waals surface area (Å²) in [5.74, 6) is 0.868. The maximum atomic E-state index is 6.04. The van der Waals surface area contributed by atoms with E-state index in [2.05, 4.69) is 21.5 Å². The number of nitrogen functional groups attached to an aromatic ring is 1. The number of pyridine rings is 1. The molecule has 96 valence electrons. The normalized spacial score (nSPS) is 10.6.